The van der Waals surface area contributed by atoms with Crippen molar-refractivity contribution >= 4 is 33.2 Å². The van der Waals surface area contributed by atoms with Crippen LogP contribution >= 0.6 is 15.9 Å². The first-order chi connectivity index (χ1) is 9.63. The second-order valence-electron chi connectivity index (χ2n) is 4.10. The van der Waals surface area contributed by atoms with Crippen molar-refractivity contribution in [3.05, 3.63) is 58.7 Å². The molecule has 2 aromatic heterocycles. The van der Waals surface area contributed by atoms with Crippen molar-refractivity contribution in [3.63, 3.8) is 0 Å². The van der Waals surface area contributed by atoms with Crippen molar-refractivity contribution in [2.24, 2.45) is 0 Å². The number of benzene rings is 1. The predicted molar refractivity (Wildman–Crippen MR) is 75.0 cm³/mol. The number of hydrogen-bond donors (Lipinski definition) is 1. The maximum Gasteiger partial charge on any atom is 0.255 e. The van der Waals surface area contributed by atoms with E-state index in [0.29, 0.717) is 11.3 Å². The summed E-state index contributed by atoms with van der Waals surface area (Å²) >= 11 is 3.34. The second kappa shape index (κ2) is 5.01. The van der Waals surface area contributed by atoms with E-state index in [2.05, 4.69) is 31.4 Å². The Kier molecular flexibility index (Phi) is 3.19. The van der Waals surface area contributed by atoms with Crippen LogP contribution in [0.25, 0.3) is 5.65 Å². The van der Waals surface area contributed by atoms with Gasteiger partial charge in [-0.3, -0.25) is 9.20 Å². The first-order valence-electron chi connectivity index (χ1n) is 5.69. The highest BCUT2D eigenvalue weighted by Gasteiger charge is 2.11. The second-order valence-corrected chi connectivity index (χ2v) is 5.01. The van der Waals surface area contributed by atoms with Gasteiger partial charge in [-0.25, -0.2) is 4.39 Å². The largest absolute Gasteiger partial charge is 0.319 e. The zero-order valence-electron chi connectivity index (χ0n) is 10.0. The quantitative estimate of drug-likeness (QED) is 0.783. The van der Waals surface area contributed by atoms with Crippen molar-refractivity contribution in [2.75, 3.05) is 5.32 Å². The molecule has 0 radical (unpaired) electrons. The lowest BCUT2D eigenvalue weighted by molar-refractivity contribution is 0.102. The van der Waals surface area contributed by atoms with Crippen LogP contribution in [0.15, 0.2) is 47.3 Å². The number of pyridine rings is 1. The van der Waals surface area contributed by atoms with Gasteiger partial charge in [-0.1, -0.05) is 6.07 Å². The first-order valence-corrected chi connectivity index (χ1v) is 6.48. The smallest absolute Gasteiger partial charge is 0.255 e. The Labute approximate surface area is 121 Å². The van der Waals surface area contributed by atoms with Crippen molar-refractivity contribution in [3.8, 4) is 0 Å². The molecular weight excluding hydrogens is 327 g/mol. The van der Waals surface area contributed by atoms with Crippen LogP contribution < -0.4 is 5.32 Å². The standard InChI is InChI=1S/C13H8BrFN4O/c14-9-5-11(12-18-16-7-19(12)6-9)17-13(20)8-2-1-3-10(15)4-8/h1-7H,(H,17,20). The molecule has 0 atom stereocenters. The molecule has 0 fully saturated rings. The minimum absolute atomic E-state index is 0.239. The number of halogens is 2. The number of fused-ring (bicyclic) bond motifs is 1. The van der Waals surface area contributed by atoms with Gasteiger partial charge < -0.3 is 5.32 Å². The van der Waals surface area contributed by atoms with Crippen LogP contribution in [0.2, 0.25) is 0 Å². The Balaban J connectivity index is 1.97. The van der Waals surface area contributed by atoms with Crippen LogP contribution in [0.3, 0.4) is 0 Å². The average molecular weight is 335 g/mol. The topological polar surface area (TPSA) is 59.3 Å². The number of carbonyl (C=O) groups excluding carboxylic acids is 1. The van der Waals surface area contributed by atoms with Gasteiger partial charge in [-0.15, -0.1) is 10.2 Å². The Hall–Kier alpha value is -2.28. The van der Waals surface area contributed by atoms with Gasteiger partial charge in [0.05, 0.1) is 5.69 Å². The molecule has 1 aromatic carbocycles. The third-order valence-electron chi connectivity index (χ3n) is 2.69. The van der Waals surface area contributed by atoms with E-state index in [1.807, 2.05) is 0 Å². The number of aromatic nitrogens is 3. The molecule has 0 aliphatic carbocycles. The zero-order valence-corrected chi connectivity index (χ0v) is 11.6. The number of anilines is 1. The van der Waals surface area contributed by atoms with Gasteiger partial charge in [-0.2, -0.15) is 0 Å². The van der Waals surface area contributed by atoms with Gasteiger partial charge in [0.15, 0.2) is 5.65 Å². The van der Waals surface area contributed by atoms with Gasteiger partial charge in [0.2, 0.25) is 0 Å². The molecule has 20 heavy (non-hydrogen) atoms. The molecule has 0 unspecified atom stereocenters. The minimum Gasteiger partial charge on any atom is -0.319 e. The van der Waals surface area contributed by atoms with Crippen molar-refractivity contribution in [1.82, 2.24) is 14.6 Å². The minimum atomic E-state index is -0.459. The Morgan fingerprint density at radius 3 is 3.00 bits per heavy atom. The number of rotatable bonds is 2. The fraction of sp³-hybridized carbons (Fsp3) is 0. The van der Waals surface area contributed by atoms with E-state index < -0.39 is 11.7 Å². The molecular formula is C13H8BrFN4O. The monoisotopic (exact) mass is 334 g/mol. The van der Waals surface area contributed by atoms with Crippen LogP contribution in [-0.2, 0) is 0 Å². The number of nitrogens with zero attached hydrogens (tertiary/aromatic N) is 3. The van der Waals surface area contributed by atoms with Crippen molar-refractivity contribution < 1.29 is 9.18 Å². The summed E-state index contributed by atoms with van der Waals surface area (Å²) in [5.41, 5.74) is 1.24. The molecule has 0 saturated heterocycles. The lowest BCUT2D eigenvalue weighted by Crippen LogP contribution is -2.13. The van der Waals surface area contributed by atoms with Gasteiger partial charge >= 0.3 is 0 Å². The van der Waals surface area contributed by atoms with Crippen LogP contribution in [0.5, 0.6) is 0 Å². The molecule has 2 heterocycles. The molecule has 0 aliphatic heterocycles. The van der Waals surface area contributed by atoms with Crippen LogP contribution in [0.1, 0.15) is 10.4 Å². The van der Waals surface area contributed by atoms with E-state index in [1.165, 1.54) is 30.6 Å². The molecule has 3 aromatic rings. The Morgan fingerprint density at radius 2 is 2.20 bits per heavy atom. The normalized spacial score (nSPS) is 10.7. The van der Waals surface area contributed by atoms with Gasteiger partial charge in [0, 0.05) is 16.2 Å². The summed E-state index contributed by atoms with van der Waals surface area (Å²) in [6.07, 6.45) is 3.30. The van der Waals surface area contributed by atoms with E-state index in [4.69, 9.17) is 0 Å². The van der Waals surface area contributed by atoms with Gasteiger partial charge in [0.1, 0.15) is 12.1 Å². The SMILES string of the molecule is O=C(Nc1cc(Br)cn2cnnc12)c1cccc(F)c1. The van der Waals surface area contributed by atoms with Crippen LogP contribution in [0, 0.1) is 5.82 Å². The summed E-state index contributed by atoms with van der Waals surface area (Å²) in [5.74, 6) is -0.869. The Morgan fingerprint density at radius 1 is 1.35 bits per heavy atom. The van der Waals surface area contributed by atoms with E-state index in [-0.39, 0.29) is 5.56 Å². The lowest BCUT2D eigenvalue weighted by atomic mass is 10.2. The molecule has 0 saturated carbocycles. The van der Waals surface area contributed by atoms with Crippen molar-refractivity contribution in [2.45, 2.75) is 0 Å². The lowest BCUT2D eigenvalue weighted by Gasteiger charge is -2.07. The molecule has 0 bridgehead atoms. The van der Waals surface area contributed by atoms with E-state index in [1.54, 1.807) is 16.7 Å². The fourth-order valence-electron chi connectivity index (χ4n) is 1.82. The number of carbonyl (C=O) groups is 1. The third kappa shape index (κ3) is 2.39. The summed E-state index contributed by atoms with van der Waals surface area (Å²) < 4.78 is 15.6. The maximum absolute atomic E-state index is 13.1. The fourth-order valence-corrected chi connectivity index (χ4v) is 2.27. The first kappa shape index (κ1) is 12.7. The van der Waals surface area contributed by atoms with Gasteiger partial charge in [0.25, 0.3) is 5.91 Å². The Bertz CT molecular complexity index is 802. The average Bonchev–Trinajstić information content (AvgIpc) is 2.86. The molecule has 0 spiro atoms. The van der Waals surface area contributed by atoms with Gasteiger partial charge in [-0.05, 0) is 40.2 Å². The zero-order chi connectivity index (χ0) is 14.1. The molecule has 0 aliphatic rings. The highest BCUT2D eigenvalue weighted by Crippen LogP contribution is 2.21. The number of amides is 1. The summed E-state index contributed by atoms with van der Waals surface area (Å²) in [6.45, 7) is 0. The highest BCUT2D eigenvalue weighted by molar-refractivity contribution is 9.10. The van der Waals surface area contributed by atoms with E-state index in [9.17, 15) is 9.18 Å². The molecule has 5 nitrogen and oxygen atoms in total. The third-order valence-corrected chi connectivity index (χ3v) is 3.13. The number of nitrogens with one attached hydrogen (secondary N) is 1. The summed E-state index contributed by atoms with van der Waals surface area (Å²) in [4.78, 5) is 12.1. The summed E-state index contributed by atoms with van der Waals surface area (Å²) in [7, 11) is 0. The molecule has 7 heteroatoms. The predicted octanol–water partition coefficient (Wildman–Crippen LogP) is 2.88. The maximum atomic E-state index is 13.1. The number of hydrogen-bond acceptors (Lipinski definition) is 3. The van der Waals surface area contributed by atoms with Crippen molar-refractivity contribution in [1.29, 1.82) is 0 Å². The van der Waals surface area contributed by atoms with Crippen LogP contribution in [-0.4, -0.2) is 20.5 Å². The summed E-state index contributed by atoms with van der Waals surface area (Å²) in [6, 6.07) is 7.19. The highest BCUT2D eigenvalue weighted by atomic mass is 79.9. The van der Waals surface area contributed by atoms with Crippen LogP contribution in [0.4, 0.5) is 10.1 Å². The molecule has 1 N–H and O–H groups in total. The van der Waals surface area contributed by atoms with E-state index in [0.717, 1.165) is 4.47 Å². The molecule has 100 valence electrons. The van der Waals surface area contributed by atoms with E-state index >= 15 is 0 Å². The summed E-state index contributed by atoms with van der Waals surface area (Å²) in [5, 5.41) is 10.4. The molecule has 1 amide bonds. The molecule has 3 rings (SSSR count).